The van der Waals surface area contributed by atoms with E-state index in [4.69, 9.17) is 4.74 Å². The Labute approximate surface area is 171 Å². The molecule has 0 saturated carbocycles. The quantitative estimate of drug-likeness (QED) is 0.371. The Kier molecular flexibility index (Phi) is 5.79. The number of benzene rings is 2. The maximum absolute atomic E-state index is 12.6. The summed E-state index contributed by atoms with van der Waals surface area (Å²) in [5.41, 5.74) is 1.20. The molecule has 0 fully saturated rings. The van der Waals surface area contributed by atoms with Crippen LogP contribution in [0.3, 0.4) is 0 Å². The molecule has 5 nitrogen and oxygen atoms in total. The molecule has 0 bridgehead atoms. The summed E-state index contributed by atoms with van der Waals surface area (Å²) in [5.74, 6) is -1.59. The number of ether oxygens (including phenoxy) is 3. The van der Waals surface area contributed by atoms with Crippen molar-refractivity contribution in [1.82, 2.24) is 4.57 Å². The van der Waals surface area contributed by atoms with E-state index in [-0.39, 0.29) is 17.7 Å². The molecule has 1 heterocycles. The van der Waals surface area contributed by atoms with E-state index in [1.54, 1.807) is 17.6 Å². The summed E-state index contributed by atoms with van der Waals surface area (Å²) < 4.78 is 89.8. The van der Waals surface area contributed by atoms with Crippen molar-refractivity contribution >= 4 is 16.9 Å². The molecule has 3 rings (SSSR count). The van der Waals surface area contributed by atoms with Crippen molar-refractivity contribution in [1.29, 1.82) is 0 Å². The molecule has 11 heteroatoms. The van der Waals surface area contributed by atoms with E-state index in [1.807, 2.05) is 0 Å². The van der Waals surface area contributed by atoms with E-state index >= 15 is 0 Å². The van der Waals surface area contributed by atoms with Crippen LogP contribution in [0.2, 0.25) is 0 Å². The molecule has 0 radical (unpaired) electrons. The topological polar surface area (TPSA) is 49.7 Å². The fourth-order valence-electron chi connectivity index (χ4n) is 3.13. The molecule has 2 aromatic carbocycles. The summed E-state index contributed by atoms with van der Waals surface area (Å²) in [6, 6.07) is 8.77. The number of alkyl halides is 6. The van der Waals surface area contributed by atoms with Crippen molar-refractivity contribution in [2.24, 2.45) is 0 Å². The largest absolute Gasteiger partial charge is 0.573 e. The van der Waals surface area contributed by atoms with Gasteiger partial charge in [0.2, 0.25) is 0 Å². The van der Waals surface area contributed by atoms with Crippen molar-refractivity contribution in [2.45, 2.75) is 33.1 Å². The first-order chi connectivity index (χ1) is 14.3. The zero-order chi connectivity index (χ0) is 23.0. The van der Waals surface area contributed by atoms with Crippen molar-refractivity contribution in [3.05, 3.63) is 53.7 Å². The minimum absolute atomic E-state index is 0.0258. The second-order valence-corrected chi connectivity index (χ2v) is 6.52. The second-order valence-electron chi connectivity index (χ2n) is 6.52. The van der Waals surface area contributed by atoms with Gasteiger partial charge in [0.15, 0.2) is 5.75 Å². The van der Waals surface area contributed by atoms with Gasteiger partial charge in [0, 0.05) is 18.9 Å². The molecular formula is C20H15F6NO4. The fraction of sp³-hybridized carbons (Fsp3) is 0.250. The molecule has 0 atom stereocenters. The van der Waals surface area contributed by atoms with Gasteiger partial charge in [-0.05, 0) is 42.8 Å². The number of fused-ring (bicyclic) bond motifs is 1. The van der Waals surface area contributed by atoms with Crippen LogP contribution in [0.5, 0.6) is 17.2 Å². The number of hydrogen-bond donors (Lipinski definition) is 0. The molecule has 0 amide bonds. The van der Waals surface area contributed by atoms with Crippen molar-refractivity contribution in [2.75, 3.05) is 0 Å². The maximum Gasteiger partial charge on any atom is 0.573 e. The van der Waals surface area contributed by atoms with Gasteiger partial charge >= 0.3 is 18.7 Å². The Morgan fingerprint density at radius 2 is 1.55 bits per heavy atom. The summed E-state index contributed by atoms with van der Waals surface area (Å²) in [6.07, 6.45) is -9.77. The zero-order valence-corrected chi connectivity index (χ0v) is 16.1. The highest BCUT2D eigenvalue weighted by Gasteiger charge is 2.32. The van der Waals surface area contributed by atoms with Gasteiger partial charge in [0.05, 0.1) is 11.2 Å². The highest BCUT2D eigenvalue weighted by molar-refractivity contribution is 5.92. The average Bonchev–Trinajstić information content (AvgIpc) is 2.84. The Balaban J connectivity index is 2.05. The normalized spacial score (nSPS) is 12.1. The predicted octanol–water partition coefficient (Wildman–Crippen LogP) is 5.72. The molecule has 31 heavy (non-hydrogen) atoms. The van der Waals surface area contributed by atoms with Gasteiger partial charge in [-0.1, -0.05) is 12.1 Å². The summed E-state index contributed by atoms with van der Waals surface area (Å²) >= 11 is 0. The molecular weight excluding hydrogens is 432 g/mol. The lowest BCUT2D eigenvalue weighted by atomic mass is 10.2. The highest BCUT2D eigenvalue weighted by Crippen LogP contribution is 2.37. The molecule has 0 saturated heterocycles. The number of hydrogen-bond acceptors (Lipinski definition) is 4. The van der Waals surface area contributed by atoms with Gasteiger partial charge in [0.1, 0.15) is 11.5 Å². The summed E-state index contributed by atoms with van der Waals surface area (Å²) in [4.78, 5) is 11.5. The van der Waals surface area contributed by atoms with Crippen LogP contribution in [-0.2, 0) is 11.3 Å². The van der Waals surface area contributed by atoms with Crippen LogP contribution in [0.25, 0.3) is 10.9 Å². The number of rotatable bonds is 5. The number of nitrogens with zero attached hydrogens (tertiary/aromatic N) is 1. The number of halogens is 6. The van der Waals surface area contributed by atoms with E-state index in [0.29, 0.717) is 16.8 Å². The third kappa shape index (κ3) is 5.62. The van der Waals surface area contributed by atoms with Crippen molar-refractivity contribution < 1.29 is 45.3 Å². The average molecular weight is 447 g/mol. The molecule has 0 unspecified atom stereocenters. The lowest BCUT2D eigenvalue weighted by Gasteiger charge is -2.12. The van der Waals surface area contributed by atoms with E-state index in [2.05, 4.69) is 9.47 Å². The molecule has 0 aliphatic carbocycles. The van der Waals surface area contributed by atoms with Crippen LogP contribution >= 0.6 is 0 Å². The second kappa shape index (κ2) is 8.05. The van der Waals surface area contributed by atoms with Gasteiger partial charge in [-0.3, -0.25) is 4.79 Å². The SMILES string of the molecule is CC(=O)Oc1c(C)n(Cc2cccc(OC(F)(F)F)c2)c2ccc(OC(F)(F)F)cc12. The van der Waals surface area contributed by atoms with E-state index in [9.17, 15) is 31.1 Å². The summed E-state index contributed by atoms with van der Waals surface area (Å²) in [7, 11) is 0. The van der Waals surface area contributed by atoms with Crippen LogP contribution in [0.4, 0.5) is 26.3 Å². The first kappa shape index (κ1) is 22.3. The molecule has 0 spiro atoms. The smallest absolute Gasteiger partial charge is 0.424 e. The van der Waals surface area contributed by atoms with Gasteiger partial charge in [0.25, 0.3) is 0 Å². The van der Waals surface area contributed by atoms with E-state index in [0.717, 1.165) is 25.1 Å². The Morgan fingerprint density at radius 3 is 2.13 bits per heavy atom. The van der Waals surface area contributed by atoms with Crippen molar-refractivity contribution in [3.63, 3.8) is 0 Å². The fourth-order valence-corrected chi connectivity index (χ4v) is 3.13. The lowest BCUT2D eigenvalue weighted by molar-refractivity contribution is -0.275. The van der Waals surface area contributed by atoms with Crippen LogP contribution in [-0.4, -0.2) is 23.3 Å². The monoisotopic (exact) mass is 447 g/mol. The van der Waals surface area contributed by atoms with Gasteiger partial charge in [-0.2, -0.15) is 0 Å². The van der Waals surface area contributed by atoms with Crippen molar-refractivity contribution in [3.8, 4) is 17.2 Å². The van der Waals surface area contributed by atoms with Crippen LogP contribution in [0, 0.1) is 6.92 Å². The zero-order valence-electron chi connectivity index (χ0n) is 16.1. The van der Waals surface area contributed by atoms with E-state index in [1.165, 1.54) is 18.2 Å². The maximum atomic E-state index is 12.6. The molecule has 3 aromatic rings. The Hall–Kier alpha value is -3.37. The molecule has 0 N–H and O–H groups in total. The minimum Gasteiger partial charge on any atom is -0.424 e. The third-order valence-electron chi connectivity index (χ3n) is 4.19. The van der Waals surface area contributed by atoms with Gasteiger partial charge < -0.3 is 18.8 Å². The number of carbonyl (C=O) groups excluding carboxylic acids is 1. The van der Waals surface area contributed by atoms with Gasteiger partial charge in [-0.15, -0.1) is 26.3 Å². The molecule has 0 aliphatic rings. The Bertz CT molecular complexity index is 1120. The molecule has 166 valence electrons. The standard InChI is InChI=1S/C20H15F6NO4/c1-11-18(29-12(2)28)16-9-15(31-20(24,25)26)6-7-17(16)27(11)10-13-4-3-5-14(8-13)30-19(21,22)23/h3-9H,10H2,1-2H3. The van der Waals surface area contributed by atoms with Crippen LogP contribution < -0.4 is 14.2 Å². The van der Waals surface area contributed by atoms with E-state index < -0.39 is 30.2 Å². The lowest BCUT2D eigenvalue weighted by Crippen LogP contribution is -2.17. The summed E-state index contributed by atoms with van der Waals surface area (Å²) in [6.45, 7) is 2.74. The first-order valence-corrected chi connectivity index (χ1v) is 8.74. The Morgan fingerprint density at radius 1 is 0.935 bits per heavy atom. The van der Waals surface area contributed by atoms with Crippen LogP contribution in [0.15, 0.2) is 42.5 Å². The highest BCUT2D eigenvalue weighted by atomic mass is 19.4. The number of esters is 1. The minimum atomic E-state index is -4.91. The van der Waals surface area contributed by atoms with Crippen LogP contribution in [0.1, 0.15) is 18.2 Å². The van der Waals surface area contributed by atoms with Gasteiger partial charge in [-0.25, -0.2) is 0 Å². The number of carbonyl (C=O) groups is 1. The molecule has 0 aliphatic heterocycles. The molecule has 1 aromatic heterocycles. The predicted molar refractivity (Wildman–Crippen MR) is 96.9 cm³/mol. The third-order valence-corrected chi connectivity index (χ3v) is 4.19. The summed E-state index contributed by atoms with van der Waals surface area (Å²) in [5, 5.41) is 0.178. The number of aromatic nitrogens is 1. The first-order valence-electron chi connectivity index (χ1n) is 8.74.